The number of esters is 3. The predicted octanol–water partition coefficient (Wildman–Crippen LogP) is 2.14. The Bertz CT molecular complexity index is 549. The van der Waals surface area contributed by atoms with Crippen LogP contribution in [-0.4, -0.2) is 37.7 Å². The van der Waals surface area contributed by atoms with E-state index in [1.165, 1.54) is 12.1 Å². The second-order valence-electron chi connectivity index (χ2n) is 4.13. The molecule has 118 valence electrons. The molecule has 0 heterocycles. The van der Waals surface area contributed by atoms with Crippen molar-refractivity contribution in [3.8, 4) is 0 Å². The molecule has 0 unspecified atom stereocenters. The van der Waals surface area contributed by atoms with E-state index in [2.05, 4.69) is 6.58 Å². The van der Waals surface area contributed by atoms with Gasteiger partial charge in [0.15, 0.2) is 0 Å². The number of benzene rings is 1. The SMILES string of the molecule is C=CC(=O)OCCCOC(=O)c1ccccc1C(=O)OCC. The molecule has 0 bridgehead atoms. The van der Waals surface area contributed by atoms with Gasteiger partial charge in [-0.2, -0.15) is 0 Å². The number of hydrogen-bond donors (Lipinski definition) is 0. The Labute approximate surface area is 128 Å². The van der Waals surface area contributed by atoms with Crippen LogP contribution in [0.25, 0.3) is 0 Å². The van der Waals surface area contributed by atoms with Crippen molar-refractivity contribution in [3.63, 3.8) is 0 Å². The molecular weight excluding hydrogens is 288 g/mol. The van der Waals surface area contributed by atoms with Crippen molar-refractivity contribution in [3.05, 3.63) is 48.0 Å². The van der Waals surface area contributed by atoms with Gasteiger partial charge in [0.25, 0.3) is 0 Å². The van der Waals surface area contributed by atoms with Crippen LogP contribution in [0.5, 0.6) is 0 Å². The average molecular weight is 306 g/mol. The molecule has 0 aliphatic carbocycles. The molecule has 0 amide bonds. The molecule has 0 atom stereocenters. The van der Waals surface area contributed by atoms with Gasteiger partial charge in [-0.05, 0) is 19.1 Å². The summed E-state index contributed by atoms with van der Waals surface area (Å²) in [5, 5.41) is 0. The summed E-state index contributed by atoms with van der Waals surface area (Å²) in [7, 11) is 0. The Morgan fingerprint density at radius 2 is 1.55 bits per heavy atom. The number of rotatable bonds is 8. The van der Waals surface area contributed by atoms with Crippen molar-refractivity contribution in [2.75, 3.05) is 19.8 Å². The highest BCUT2D eigenvalue weighted by atomic mass is 16.5. The Kier molecular flexibility index (Phi) is 7.39. The van der Waals surface area contributed by atoms with Crippen LogP contribution in [0.3, 0.4) is 0 Å². The van der Waals surface area contributed by atoms with Crippen molar-refractivity contribution in [1.82, 2.24) is 0 Å². The van der Waals surface area contributed by atoms with E-state index in [0.29, 0.717) is 6.42 Å². The van der Waals surface area contributed by atoms with Gasteiger partial charge in [-0.25, -0.2) is 14.4 Å². The fourth-order valence-corrected chi connectivity index (χ4v) is 1.58. The van der Waals surface area contributed by atoms with E-state index in [9.17, 15) is 14.4 Å². The molecule has 1 aromatic carbocycles. The summed E-state index contributed by atoms with van der Waals surface area (Å²) in [5.74, 6) is -1.73. The van der Waals surface area contributed by atoms with E-state index >= 15 is 0 Å². The Hall–Kier alpha value is -2.63. The highest BCUT2D eigenvalue weighted by Crippen LogP contribution is 2.12. The van der Waals surface area contributed by atoms with Crippen LogP contribution in [0, 0.1) is 0 Å². The topological polar surface area (TPSA) is 78.9 Å². The maximum atomic E-state index is 12.0. The van der Waals surface area contributed by atoms with Crippen molar-refractivity contribution in [2.24, 2.45) is 0 Å². The molecule has 0 N–H and O–H groups in total. The maximum Gasteiger partial charge on any atom is 0.339 e. The minimum Gasteiger partial charge on any atom is -0.462 e. The monoisotopic (exact) mass is 306 g/mol. The van der Waals surface area contributed by atoms with E-state index in [4.69, 9.17) is 14.2 Å². The van der Waals surface area contributed by atoms with E-state index in [1.54, 1.807) is 19.1 Å². The molecule has 0 fully saturated rings. The third kappa shape index (κ3) is 5.40. The molecule has 1 rings (SSSR count). The lowest BCUT2D eigenvalue weighted by atomic mass is 10.1. The molecule has 0 radical (unpaired) electrons. The van der Waals surface area contributed by atoms with Gasteiger partial charge in [0, 0.05) is 12.5 Å². The summed E-state index contributed by atoms with van der Waals surface area (Å²) in [5.41, 5.74) is 0.302. The summed E-state index contributed by atoms with van der Waals surface area (Å²) < 4.78 is 14.7. The predicted molar refractivity (Wildman–Crippen MR) is 78.5 cm³/mol. The fourth-order valence-electron chi connectivity index (χ4n) is 1.58. The first-order chi connectivity index (χ1) is 10.6. The van der Waals surface area contributed by atoms with Crippen LogP contribution in [0.2, 0.25) is 0 Å². The van der Waals surface area contributed by atoms with Crippen LogP contribution in [0.4, 0.5) is 0 Å². The second kappa shape index (κ2) is 9.33. The minimum atomic E-state index is -0.626. The van der Waals surface area contributed by atoms with Gasteiger partial charge in [-0.15, -0.1) is 0 Å². The Morgan fingerprint density at radius 1 is 1.00 bits per heavy atom. The van der Waals surface area contributed by atoms with Gasteiger partial charge >= 0.3 is 17.9 Å². The third-order valence-electron chi connectivity index (χ3n) is 2.58. The van der Waals surface area contributed by atoms with E-state index < -0.39 is 17.9 Å². The van der Waals surface area contributed by atoms with Crippen molar-refractivity contribution >= 4 is 17.9 Å². The number of carbonyl (C=O) groups is 3. The summed E-state index contributed by atoms with van der Waals surface area (Å²) in [6.07, 6.45) is 1.41. The van der Waals surface area contributed by atoms with E-state index in [0.717, 1.165) is 6.08 Å². The normalized spacial score (nSPS) is 9.68. The number of hydrogen-bond acceptors (Lipinski definition) is 6. The van der Waals surface area contributed by atoms with Crippen molar-refractivity contribution in [2.45, 2.75) is 13.3 Å². The summed E-state index contributed by atoms with van der Waals surface area (Å²) in [6.45, 7) is 5.36. The fraction of sp³-hybridized carbons (Fsp3) is 0.312. The van der Waals surface area contributed by atoms with Crippen LogP contribution in [0.1, 0.15) is 34.1 Å². The zero-order chi connectivity index (χ0) is 16.4. The zero-order valence-corrected chi connectivity index (χ0v) is 12.4. The van der Waals surface area contributed by atoms with Crippen LogP contribution in [-0.2, 0) is 19.0 Å². The molecule has 6 heteroatoms. The molecule has 0 aliphatic heterocycles. The van der Waals surface area contributed by atoms with E-state index in [-0.39, 0.29) is 30.9 Å². The van der Waals surface area contributed by atoms with Gasteiger partial charge in [-0.1, -0.05) is 18.7 Å². The smallest absolute Gasteiger partial charge is 0.339 e. The lowest BCUT2D eigenvalue weighted by molar-refractivity contribution is -0.137. The molecule has 22 heavy (non-hydrogen) atoms. The van der Waals surface area contributed by atoms with Crippen LogP contribution < -0.4 is 0 Å². The highest BCUT2D eigenvalue weighted by molar-refractivity contribution is 6.03. The zero-order valence-electron chi connectivity index (χ0n) is 12.4. The quantitative estimate of drug-likeness (QED) is 0.317. The Morgan fingerprint density at radius 3 is 2.09 bits per heavy atom. The van der Waals surface area contributed by atoms with Crippen molar-refractivity contribution in [1.29, 1.82) is 0 Å². The summed E-state index contributed by atoms with van der Waals surface area (Å²) >= 11 is 0. The van der Waals surface area contributed by atoms with Gasteiger partial charge in [0.05, 0.1) is 30.9 Å². The van der Waals surface area contributed by atoms with Gasteiger partial charge < -0.3 is 14.2 Å². The lowest BCUT2D eigenvalue weighted by Gasteiger charge is -2.09. The van der Waals surface area contributed by atoms with E-state index in [1.807, 2.05) is 0 Å². The first-order valence-electron chi connectivity index (χ1n) is 6.82. The number of ether oxygens (including phenoxy) is 3. The van der Waals surface area contributed by atoms with Crippen molar-refractivity contribution < 1.29 is 28.6 Å². The highest BCUT2D eigenvalue weighted by Gasteiger charge is 2.18. The third-order valence-corrected chi connectivity index (χ3v) is 2.58. The van der Waals surface area contributed by atoms with Crippen LogP contribution >= 0.6 is 0 Å². The van der Waals surface area contributed by atoms with Gasteiger partial charge in [0.1, 0.15) is 0 Å². The summed E-state index contributed by atoms with van der Waals surface area (Å²) in [4.78, 5) is 34.5. The van der Waals surface area contributed by atoms with Gasteiger partial charge in [0.2, 0.25) is 0 Å². The molecule has 0 saturated carbocycles. The molecule has 0 saturated heterocycles. The van der Waals surface area contributed by atoms with Crippen LogP contribution in [0.15, 0.2) is 36.9 Å². The first-order valence-corrected chi connectivity index (χ1v) is 6.82. The minimum absolute atomic E-state index is 0.0699. The molecule has 6 nitrogen and oxygen atoms in total. The van der Waals surface area contributed by atoms with Gasteiger partial charge in [-0.3, -0.25) is 0 Å². The average Bonchev–Trinajstić information content (AvgIpc) is 2.54. The molecule has 0 spiro atoms. The molecule has 0 aliphatic rings. The largest absolute Gasteiger partial charge is 0.462 e. The molecule has 1 aromatic rings. The maximum absolute atomic E-state index is 12.0. The first kappa shape index (κ1) is 17.4. The standard InChI is InChI=1S/C16H18O6/c1-3-14(17)21-10-7-11-22-16(19)13-9-6-5-8-12(13)15(18)20-4-2/h3,5-6,8-9H,1,4,7,10-11H2,2H3. The second-order valence-corrected chi connectivity index (χ2v) is 4.13. The number of carbonyl (C=O) groups excluding carboxylic acids is 3. The summed E-state index contributed by atoms with van der Waals surface area (Å²) in [6, 6.07) is 6.26. The molecular formula is C16H18O6. The Balaban J connectivity index is 2.53. The molecule has 0 aromatic heterocycles. The lowest BCUT2D eigenvalue weighted by Crippen LogP contribution is -2.15.